The van der Waals surface area contributed by atoms with Crippen molar-refractivity contribution in [2.45, 2.75) is 16.6 Å². The van der Waals surface area contributed by atoms with E-state index in [4.69, 9.17) is 11.6 Å². The minimum absolute atomic E-state index is 0.100. The summed E-state index contributed by atoms with van der Waals surface area (Å²) < 4.78 is 29.9. The number of sulfonamides is 1. The summed E-state index contributed by atoms with van der Waals surface area (Å²) in [7, 11) is -4.11. The van der Waals surface area contributed by atoms with Crippen LogP contribution in [-0.2, 0) is 16.6 Å². The van der Waals surface area contributed by atoms with Gasteiger partial charge < -0.3 is 4.57 Å². The predicted molar refractivity (Wildman–Crippen MR) is 107 cm³/mol. The number of anilines is 1. The molecule has 2 heterocycles. The second kappa shape index (κ2) is 7.12. The van der Waals surface area contributed by atoms with Crippen LogP contribution in [0.4, 0.5) is 11.4 Å². The maximum absolute atomic E-state index is 12.7. The van der Waals surface area contributed by atoms with Gasteiger partial charge in [-0.25, -0.2) is 13.4 Å². The number of nitro groups is 1. The number of rotatable bonds is 5. The number of thioether (sulfide) groups is 1. The van der Waals surface area contributed by atoms with Crippen molar-refractivity contribution in [3.8, 4) is 11.3 Å². The van der Waals surface area contributed by atoms with Crippen LogP contribution in [0.15, 0.2) is 58.7 Å². The molecule has 0 radical (unpaired) electrons. The van der Waals surface area contributed by atoms with Gasteiger partial charge in [0.1, 0.15) is 4.90 Å². The van der Waals surface area contributed by atoms with Gasteiger partial charge in [-0.2, -0.15) is 0 Å². The molecule has 3 aromatic rings. The lowest BCUT2D eigenvalue weighted by Crippen LogP contribution is -2.13. The van der Waals surface area contributed by atoms with Crippen LogP contribution >= 0.6 is 23.4 Å². The lowest BCUT2D eigenvalue weighted by atomic mass is 10.1. The van der Waals surface area contributed by atoms with Crippen molar-refractivity contribution in [3.05, 3.63) is 63.8 Å². The molecule has 4 rings (SSSR count). The highest BCUT2D eigenvalue weighted by atomic mass is 35.5. The van der Waals surface area contributed by atoms with Crippen molar-refractivity contribution < 1.29 is 13.3 Å². The molecule has 11 heteroatoms. The number of nitrogens with zero attached hydrogens (tertiary/aromatic N) is 3. The van der Waals surface area contributed by atoms with Gasteiger partial charge in [-0.1, -0.05) is 35.5 Å². The van der Waals surface area contributed by atoms with Crippen LogP contribution < -0.4 is 4.72 Å². The van der Waals surface area contributed by atoms with Gasteiger partial charge in [-0.15, -0.1) is 0 Å². The first-order valence-electron chi connectivity index (χ1n) is 8.11. The number of halogens is 1. The molecular weight excluding hydrogens is 424 g/mol. The third-order valence-electron chi connectivity index (χ3n) is 4.13. The summed E-state index contributed by atoms with van der Waals surface area (Å²) in [5.74, 6) is 0.992. The predicted octanol–water partition coefficient (Wildman–Crippen LogP) is 4.02. The molecule has 0 bridgehead atoms. The zero-order chi connectivity index (χ0) is 19.9. The van der Waals surface area contributed by atoms with Gasteiger partial charge in [0.2, 0.25) is 0 Å². The largest absolute Gasteiger partial charge is 0.325 e. The molecular formula is C17H13ClN4O4S2. The third-order valence-corrected chi connectivity index (χ3v) is 6.96. The van der Waals surface area contributed by atoms with E-state index < -0.39 is 14.9 Å². The molecule has 0 unspecified atom stereocenters. The van der Waals surface area contributed by atoms with Gasteiger partial charge in [0.25, 0.3) is 15.7 Å². The normalized spacial score (nSPS) is 13.3. The highest BCUT2D eigenvalue weighted by Crippen LogP contribution is 2.31. The molecule has 0 saturated carbocycles. The number of fused-ring (bicyclic) bond motifs is 1. The van der Waals surface area contributed by atoms with E-state index in [0.29, 0.717) is 5.69 Å². The molecule has 28 heavy (non-hydrogen) atoms. The van der Waals surface area contributed by atoms with Crippen molar-refractivity contribution >= 4 is 44.8 Å². The van der Waals surface area contributed by atoms with Crippen LogP contribution in [0.3, 0.4) is 0 Å². The molecule has 1 aliphatic heterocycles. The fourth-order valence-corrected chi connectivity index (χ4v) is 5.33. The number of nitro benzene ring substituents is 1. The minimum atomic E-state index is -4.11. The van der Waals surface area contributed by atoms with Crippen LogP contribution in [0.1, 0.15) is 0 Å². The second-order valence-corrected chi connectivity index (χ2v) is 9.13. The lowest BCUT2D eigenvalue weighted by molar-refractivity contribution is -0.385. The highest BCUT2D eigenvalue weighted by Gasteiger charge is 2.22. The second-order valence-electron chi connectivity index (χ2n) is 6.01. The Morgan fingerprint density at radius 1 is 1.25 bits per heavy atom. The number of hydrogen-bond donors (Lipinski definition) is 1. The molecule has 2 aromatic carbocycles. The van der Waals surface area contributed by atoms with Crippen molar-refractivity contribution in [1.82, 2.24) is 9.55 Å². The Morgan fingerprint density at radius 3 is 2.82 bits per heavy atom. The van der Waals surface area contributed by atoms with Crippen LogP contribution in [0, 0.1) is 10.1 Å². The Hall–Kier alpha value is -2.56. The fraction of sp³-hybridized carbons (Fsp3) is 0.118. The van der Waals surface area contributed by atoms with Crippen LogP contribution in [0.2, 0.25) is 5.02 Å². The molecule has 0 amide bonds. The summed E-state index contributed by atoms with van der Waals surface area (Å²) in [6.45, 7) is 0.893. The molecule has 0 atom stereocenters. The smallest absolute Gasteiger partial charge is 0.270 e. The molecule has 0 saturated heterocycles. The van der Waals surface area contributed by atoms with E-state index in [1.165, 1.54) is 6.07 Å². The van der Waals surface area contributed by atoms with Gasteiger partial charge in [-0.3, -0.25) is 14.8 Å². The van der Waals surface area contributed by atoms with E-state index >= 15 is 0 Å². The molecule has 1 aliphatic rings. The molecule has 1 aromatic heterocycles. The lowest BCUT2D eigenvalue weighted by Gasteiger charge is -2.10. The maximum Gasteiger partial charge on any atom is 0.270 e. The molecule has 1 N–H and O–H groups in total. The van der Waals surface area contributed by atoms with Crippen LogP contribution in [0.25, 0.3) is 11.3 Å². The summed E-state index contributed by atoms with van der Waals surface area (Å²) in [4.78, 5) is 14.5. The minimum Gasteiger partial charge on any atom is -0.325 e. The summed E-state index contributed by atoms with van der Waals surface area (Å²) in [6.07, 6.45) is 1.93. The van der Waals surface area contributed by atoms with E-state index in [1.54, 1.807) is 30.0 Å². The van der Waals surface area contributed by atoms with Crippen molar-refractivity contribution in [2.24, 2.45) is 0 Å². The van der Waals surface area contributed by atoms with Gasteiger partial charge in [0.15, 0.2) is 5.16 Å². The number of aromatic nitrogens is 2. The monoisotopic (exact) mass is 436 g/mol. The zero-order valence-corrected chi connectivity index (χ0v) is 16.6. The Bertz CT molecular complexity index is 1170. The fourth-order valence-electron chi connectivity index (χ4n) is 2.81. The summed E-state index contributed by atoms with van der Waals surface area (Å²) in [5, 5.41) is 11.8. The number of imidazole rings is 1. The molecule has 144 valence electrons. The van der Waals surface area contributed by atoms with Crippen molar-refractivity contribution in [1.29, 1.82) is 0 Å². The van der Waals surface area contributed by atoms with E-state index in [9.17, 15) is 18.5 Å². The summed E-state index contributed by atoms with van der Waals surface area (Å²) >= 11 is 7.64. The Kier molecular flexibility index (Phi) is 4.77. The molecule has 0 fully saturated rings. The standard InChI is InChI=1S/C17H13ClN4O4S2/c18-14-5-4-13(22(23)24)9-16(14)28(25,26)20-12-3-1-2-11(8-12)15-10-21-6-7-27-17(21)19-15/h1-5,8-10,20H,6-7H2. The average molecular weight is 437 g/mol. The van der Waals surface area contributed by atoms with Gasteiger partial charge in [-0.05, 0) is 18.2 Å². The van der Waals surface area contributed by atoms with Gasteiger partial charge in [0.05, 0.1) is 15.6 Å². The quantitative estimate of drug-likeness (QED) is 0.478. The Labute approximate surface area is 169 Å². The SMILES string of the molecule is O=[N+]([O-])c1ccc(Cl)c(S(=O)(=O)Nc2cccc(-c3cn4c(n3)SCC4)c2)c1. The summed E-state index contributed by atoms with van der Waals surface area (Å²) in [5.41, 5.74) is 1.45. The first-order chi connectivity index (χ1) is 13.3. The number of nitrogens with one attached hydrogen (secondary N) is 1. The average Bonchev–Trinajstić information content (AvgIpc) is 3.23. The van der Waals surface area contributed by atoms with Crippen molar-refractivity contribution in [2.75, 3.05) is 10.5 Å². The molecule has 0 spiro atoms. The van der Waals surface area contributed by atoms with E-state index in [-0.39, 0.29) is 15.6 Å². The van der Waals surface area contributed by atoms with E-state index in [2.05, 4.69) is 14.3 Å². The maximum atomic E-state index is 12.7. The number of non-ortho nitro benzene ring substituents is 1. The number of hydrogen-bond acceptors (Lipinski definition) is 6. The molecule has 8 nitrogen and oxygen atoms in total. The summed E-state index contributed by atoms with van der Waals surface area (Å²) in [6, 6.07) is 10.1. The number of aryl methyl sites for hydroxylation is 1. The first kappa shape index (κ1) is 18.8. The Balaban J connectivity index is 1.65. The Morgan fingerprint density at radius 2 is 2.07 bits per heavy atom. The van der Waals surface area contributed by atoms with Crippen LogP contribution in [-0.4, -0.2) is 28.6 Å². The van der Waals surface area contributed by atoms with Crippen molar-refractivity contribution in [3.63, 3.8) is 0 Å². The third kappa shape index (κ3) is 3.58. The van der Waals surface area contributed by atoms with E-state index in [0.717, 1.165) is 40.8 Å². The molecule has 0 aliphatic carbocycles. The van der Waals surface area contributed by atoms with Crippen LogP contribution in [0.5, 0.6) is 0 Å². The first-order valence-corrected chi connectivity index (χ1v) is 11.0. The zero-order valence-electron chi connectivity index (χ0n) is 14.2. The van der Waals surface area contributed by atoms with Gasteiger partial charge in [0, 0.05) is 41.9 Å². The topological polar surface area (TPSA) is 107 Å². The van der Waals surface area contributed by atoms with Gasteiger partial charge >= 0.3 is 0 Å². The number of benzene rings is 2. The van der Waals surface area contributed by atoms with E-state index in [1.807, 2.05) is 12.3 Å². The highest BCUT2D eigenvalue weighted by molar-refractivity contribution is 7.99.